The zero-order valence-electron chi connectivity index (χ0n) is 11.4. The lowest BCUT2D eigenvalue weighted by atomic mass is 9.84. The Morgan fingerprint density at radius 1 is 1.37 bits per heavy atom. The van der Waals surface area contributed by atoms with E-state index in [2.05, 4.69) is 22.4 Å². The smallest absolute Gasteiger partial charge is 0.231 e. The molecule has 7 heteroatoms. The van der Waals surface area contributed by atoms with Crippen LogP contribution in [0.4, 0.5) is 0 Å². The zero-order valence-corrected chi connectivity index (χ0v) is 12.2. The summed E-state index contributed by atoms with van der Waals surface area (Å²) < 4.78 is 27.7. The van der Waals surface area contributed by atoms with Crippen LogP contribution in [-0.2, 0) is 15.6 Å². The van der Waals surface area contributed by atoms with Gasteiger partial charge in [0.05, 0.1) is 5.92 Å². The van der Waals surface area contributed by atoms with Crippen molar-refractivity contribution in [3.63, 3.8) is 0 Å². The van der Waals surface area contributed by atoms with Gasteiger partial charge in [-0.25, -0.2) is 8.42 Å². The van der Waals surface area contributed by atoms with Crippen LogP contribution in [0, 0.1) is 0 Å². The lowest BCUT2D eigenvalue weighted by Crippen LogP contribution is -2.37. The van der Waals surface area contributed by atoms with Crippen LogP contribution in [0.2, 0.25) is 0 Å². The lowest BCUT2D eigenvalue weighted by Gasteiger charge is -2.29. The van der Waals surface area contributed by atoms with E-state index in [0.717, 1.165) is 25.8 Å². The fourth-order valence-corrected chi connectivity index (χ4v) is 3.23. The summed E-state index contributed by atoms with van der Waals surface area (Å²) in [5.41, 5.74) is 0. The van der Waals surface area contributed by atoms with Gasteiger partial charge in [-0.2, -0.15) is 4.98 Å². The van der Waals surface area contributed by atoms with Gasteiger partial charge in [0.25, 0.3) is 0 Å². The number of hydrogen-bond donors (Lipinski definition) is 1. The Bertz CT molecular complexity index is 510. The first-order valence-electron chi connectivity index (χ1n) is 6.73. The molecule has 2 unspecified atom stereocenters. The van der Waals surface area contributed by atoms with E-state index in [1.54, 1.807) is 0 Å². The molecule has 1 aliphatic carbocycles. The number of sulfone groups is 1. The Balaban J connectivity index is 2.11. The van der Waals surface area contributed by atoms with Crippen molar-refractivity contribution in [3.8, 4) is 0 Å². The fourth-order valence-electron chi connectivity index (χ4n) is 2.64. The number of nitrogens with one attached hydrogen (secondary N) is 1. The average molecular weight is 287 g/mol. The van der Waals surface area contributed by atoms with Crippen LogP contribution < -0.4 is 5.32 Å². The molecular formula is C12H21N3O3S. The first-order valence-corrected chi connectivity index (χ1v) is 8.79. The van der Waals surface area contributed by atoms with E-state index in [1.807, 2.05) is 0 Å². The predicted octanol–water partition coefficient (Wildman–Crippen LogP) is 1.25. The van der Waals surface area contributed by atoms with Gasteiger partial charge in [0.1, 0.15) is 5.75 Å². The maximum absolute atomic E-state index is 11.2. The van der Waals surface area contributed by atoms with Gasteiger partial charge >= 0.3 is 0 Å². The third-order valence-electron chi connectivity index (χ3n) is 3.42. The Morgan fingerprint density at radius 2 is 2.11 bits per heavy atom. The predicted molar refractivity (Wildman–Crippen MR) is 71.5 cm³/mol. The van der Waals surface area contributed by atoms with Crippen molar-refractivity contribution in [2.75, 3.05) is 12.8 Å². The van der Waals surface area contributed by atoms with Gasteiger partial charge in [-0.1, -0.05) is 24.9 Å². The first kappa shape index (κ1) is 14.5. The molecule has 0 saturated heterocycles. The summed E-state index contributed by atoms with van der Waals surface area (Å²) in [6, 6.07) is 0.352. The molecule has 108 valence electrons. The van der Waals surface area contributed by atoms with Crippen LogP contribution in [0.1, 0.15) is 50.2 Å². The Hall–Kier alpha value is -0.950. The van der Waals surface area contributed by atoms with E-state index in [1.165, 1.54) is 12.7 Å². The SMILES string of the molecule is CCNC1CCCCC1c1nc(CS(C)(=O)=O)no1. The Kier molecular flexibility index (Phi) is 4.57. The highest BCUT2D eigenvalue weighted by Crippen LogP contribution is 2.32. The van der Waals surface area contributed by atoms with Gasteiger partial charge in [0.15, 0.2) is 15.7 Å². The molecule has 0 radical (unpaired) electrons. The minimum absolute atomic E-state index is 0.158. The van der Waals surface area contributed by atoms with Crippen LogP contribution in [0.15, 0.2) is 4.52 Å². The molecule has 2 atom stereocenters. The van der Waals surface area contributed by atoms with E-state index in [-0.39, 0.29) is 17.5 Å². The van der Waals surface area contributed by atoms with Crippen LogP contribution in [0.5, 0.6) is 0 Å². The second-order valence-electron chi connectivity index (χ2n) is 5.17. The number of nitrogens with zero attached hydrogens (tertiary/aromatic N) is 2. The van der Waals surface area contributed by atoms with E-state index in [0.29, 0.717) is 11.9 Å². The van der Waals surface area contributed by atoms with E-state index >= 15 is 0 Å². The largest absolute Gasteiger partial charge is 0.339 e. The van der Waals surface area contributed by atoms with Crippen LogP contribution in [0.3, 0.4) is 0 Å². The van der Waals surface area contributed by atoms with Crippen molar-refractivity contribution in [1.82, 2.24) is 15.5 Å². The van der Waals surface area contributed by atoms with Crippen molar-refractivity contribution in [3.05, 3.63) is 11.7 Å². The Morgan fingerprint density at radius 3 is 2.79 bits per heavy atom. The molecule has 0 bridgehead atoms. The summed E-state index contributed by atoms with van der Waals surface area (Å²) in [5.74, 6) is 0.881. The van der Waals surface area contributed by atoms with Crippen molar-refractivity contribution < 1.29 is 12.9 Å². The lowest BCUT2D eigenvalue weighted by molar-refractivity contribution is 0.264. The van der Waals surface area contributed by atoms with Gasteiger partial charge in [0, 0.05) is 12.3 Å². The molecule has 0 amide bonds. The number of hydrogen-bond acceptors (Lipinski definition) is 6. The van der Waals surface area contributed by atoms with Crippen LogP contribution >= 0.6 is 0 Å². The molecule has 1 aromatic rings. The molecule has 0 aliphatic heterocycles. The van der Waals surface area contributed by atoms with E-state index in [4.69, 9.17) is 4.52 Å². The molecule has 19 heavy (non-hydrogen) atoms. The van der Waals surface area contributed by atoms with Crippen molar-refractivity contribution >= 4 is 9.84 Å². The standard InChI is InChI=1S/C12H21N3O3S/c1-3-13-10-7-5-4-6-9(10)12-14-11(15-18-12)8-19(2,16)17/h9-10,13H,3-8H2,1-2H3. The summed E-state index contributed by atoms with van der Waals surface area (Å²) in [7, 11) is -3.12. The van der Waals surface area contributed by atoms with Crippen LogP contribution in [-0.4, -0.2) is 37.4 Å². The first-order chi connectivity index (χ1) is 8.99. The number of likely N-dealkylation sites (N-methyl/N-ethyl adjacent to an activating group) is 1. The monoisotopic (exact) mass is 287 g/mol. The van der Waals surface area contributed by atoms with Crippen molar-refractivity contribution in [1.29, 1.82) is 0 Å². The third-order valence-corrected chi connectivity index (χ3v) is 4.21. The summed E-state index contributed by atoms with van der Waals surface area (Å²) in [6.07, 6.45) is 5.64. The summed E-state index contributed by atoms with van der Waals surface area (Å²) >= 11 is 0. The molecule has 1 aromatic heterocycles. The van der Waals surface area contributed by atoms with Gasteiger partial charge in [0.2, 0.25) is 5.89 Å². The fraction of sp³-hybridized carbons (Fsp3) is 0.833. The van der Waals surface area contributed by atoms with E-state index < -0.39 is 9.84 Å². The number of rotatable bonds is 5. The molecule has 1 heterocycles. The minimum atomic E-state index is -3.12. The topological polar surface area (TPSA) is 85.1 Å². The van der Waals surface area contributed by atoms with Gasteiger partial charge in [-0.15, -0.1) is 0 Å². The van der Waals surface area contributed by atoms with E-state index in [9.17, 15) is 8.42 Å². The van der Waals surface area contributed by atoms with Gasteiger partial charge in [-0.3, -0.25) is 0 Å². The molecule has 1 saturated carbocycles. The normalized spacial score (nSPS) is 24.5. The molecule has 2 rings (SSSR count). The quantitative estimate of drug-likeness (QED) is 0.877. The molecule has 0 aromatic carbocycles. The molecule has 1 fully saturated rings. The molecule has 6 nitrogen and oxygen atoms in total. The molecule has 1 aliphatic rings. The zero-order chi connectivity index (χ0) is 13.9. The summed E-state index contributed by atoms with van der Waals surface area (Å²) in [5, 5.41) is 7.22. The highest BCUT2D eigenvalue weighted by molar-refractivity contribution is 7.89. The maximum Gasteiger partial charge on any atom is 0.231 e. The summed E-state index contributed by atoms with van der Waals surface area (Å²) in [6.45, 7) is 2.99. The minimum Gasteiger partial charge on any atom is -0.339 e. The highest BCUT2D eigenvalue weighted by Gasteiger charge is 2.30. The molecule has 0 spiro atoms. The van der Waals surface area contributed by atoms with Gasteiger partial charge in [-0.05, 0) is 19.4 Å². The Labute approximate surface area is 113 Å². The second kappa shape index (κ2) is 6.00. The molecule has 1 N–H and O–H groups in total. The van der Waals surface area contributed by atoms with Crippen LogP contribution in [0.25, 0.3) is 0 Å². The third kappa shape index (κ3) is 4.01. The second-order valence-corrected chi connectivity index (χ2v) is 7.31. The van der Waals surface area contributed by atoms with Crippen molar-refractivity contribution in [2.24, 2.45) is 0 Å². The highest BCUT2D eigenvalue weighted by atomic mass is 32.2. The molecular weight excluding hydrogens is 266 g/mol. The summed E-state index contributed by atoms with van der Waals surface area (Å²) in [4.78, 5) is 4.25. The average Bonchev–Trinajstić information content (AvgIpc) is 2.76. The maximum atomic E-state index is 11.2. The van der Waals surface area contributed by atoms with Crippen molar-refractivity contribution in [2.45, 2.75) is 50.3 Å². The number of aromatic nitrogens is 2. The van der Waals surface area contributed by atoms with Gasteiger partial charge < -0.3 is 9.84 Å².